The fourth-order valence-corrected chi connectivity index (χ4v) is 3.96. The van der Waals surface area contributed by atoms with Gasteiger partial charge in [0.25, 0.3) is 11.5 Å². The number of benzene rings is 1. The van der Waals surface area contributed by atoms with Crippen LogP contribution in [0.25, 0.3) is 11.0 Å². The van der Waals surface area contributed by atoms with Gasteiger partial charge in [-0.15, -0.1) is 0 Å². The van der Waals surface area contributed by atoms with Gasteiger partial charge in [0.05, 0.1) is 10.9 Å². The number of hydrogen-bond donors (Lipinski definition) is 1. The van der Waals surface area contributed by atoms with E-state index in [-0.39, 0.29) is 11.5 Å². The molecule has 3 aromatic rings. The van der Waals surface area contributed by atoms with Crippen LogP contribution in [0.4, 0.5) is 5.69 Å². The van der Waals surface area contributed by atoms with Gasteiger partial charge in [0, 0.05) is 49.6 Å². The maximum absolute atomic E-state index is 13.2. The molecule has 7 nitrogen and oxygen atoms in total. The summed E-state index contributed by atoms with van der Waals surface area (Å²) < 4.78 is 1.56. The van der Waals surface area contributed by atoms with Crippen LogP contribution in [-0.4, -0.2) is 51.8 Å². The third kappa shape index (κ3) is 3.16. The lowest BCUT2D eigenvalue weighted by Gasteiger charge is -2.37. The van der Waals surface area contributed by atoms with Crippen molar-refractivity contribution in [3.05, 3.63) is 56.5 Å². The normalized spacial score (nSPS) is 14.7. The Kier molecular flexibility index (Phi) is 4.63. The number of piperazine rings is 1. The van der Waals surface area contributed by atoms with Gasteiger partial charge < -0.3 is 9.80 Å². The van der Waals surface area contributed by atoms with Crippen molar-refractivity contribution < 1.29 is 4.79 Å². The van der Waals surface area contributed by atoms with Crippen LogP contribution < -0.4 is 10.5 Å². The quantitative estimate of drug-likeness (QED) is 0.718. The van der Waals surface area contributed by atoms with Gasteiger partial charge in [0.2, 0.25) is 0 Å². The van der Waals surface area contributed by atoms with E-state index in [1.807, 2.05) is 25.1 Å². The molecule has 1 aliphatic heterocycles. The number of H-pyrrole nitrogens is 1. The maximum atomic E-state index is 13.2. The molecule has 1 N–H and O–H groups in total. The zero-order valence-corrected chi connectivity index (χ0v) is 16.9. The molecule has 146 valence electrons. The first kappa shape index (κ1) is 18.6. The number of nitrogens with one attached hydrogen (secondary N) is 1. The van der Waals surface area contributed by atoms with Crippen molar-refractivity contribution in [2.45, 2.75) is 13.8 Å². The minimum Gasteiger partial charge on any atom is -0.368 e. The number of amides is 1. The number of anilines is 1. The molecule has 0 atom stereocenters. The fraction of sp³-hybridized carbons (Fsp3) is 0.350. The number of fused-ring (bicyclic) bond motifs is 1. The minimum atomic E-state index is -0.290. The molecule has 3 heterocycles. The van der Waals surface area contributed by atoms with Gasteiger partial charge in [-0.2, -0.15) is 0 Å². The van der Waals surface area contributed by atoms with Crippen molar-refractivity contribution in [3.8, 4) is 0 Å². The molecule has 4 rings (SSSR count). The number of halogens is 1. The average molecular weight is 400 g/mol. The highest BCUT2D eigenvalue weighted by atomic mass is 35.5. The lowest BCUT2D eigenvalue weighted by atomic mass is 10.1. The Hall–Kier alpha value is -2.80. The molecule has 8 heteroatoms. The lowest BCUT2D eigenvalue weighted by Crippen LogP contribution is -2.49. The van der Waals surface area contributed by atoms with E-state index in [0.717, 1.165) is 11.3 Å². The van der Waals surface area contributed by atoms with Crippen molar-refractivity contribution in [2.24, 2.45) is 7.05 Å². The molecule has 1 aliphatic rings. The summed E-state index contributed by atoms with van der Waals surface area (Å²) >= 11 is 6.15. The van der Waals surface area contributed by atoms with E-state index in [9.17, 15) is 9.59 Å². The summed E-state index contributed by atoms with van der Waals surface area (Å²) in [6.07, 6.45) is 0. The minimum absolute atomic E-state index is 0.130. The molecule has 0 unspecified atom stereocenters. The number of nitrogens with zero attached hydrogens (tertiary/aromatic N) is 4. The lowest BCUT2D eigenvalue weighted by molar-refractivity contribution is 0.0748. The molecular formula is C20H22ClN5O2. The van der Waals surface area contributed by atoms with Crippen LogP contribution in [0.5, 0.6) is 0 Å². The van der Waals surface area contributed by atoms with Gasteiger partial charge in [-0.25, -0.2) is 4.98 Å². The molecular weight excluding hydrogens is 378 g/mol. The summed E-state index contributed by atoms with van der Waals surface area (Å²) in [4.78, 5) is 33.9. The standard InChI is InChI=1S/C20H22ClN5O2/c1-12-4-5-14(21)11-16(12)25-6-8-26(9-7-25)20(28)15-10-13(2)22-18-17(15)19(27)23-24(18)3/h4-5,10-11H,6-9H2,1-3H3,(H,23,27). The summed E-state index contributed by atoms with van der Waals surface area (Å²) in [5.41, 5.74) is 3.59. The predicted molar refractivity (Wildman–Crippen MR) is 110 cm³/mol. The van der Waals surface area contributed by atoms with E-state index >= 15 is 0 Å². The number of carbonyl (C=O) groups excluding carboxylic acids is 1. The highest BCUT2D eigenvalue weighted by Gasteiger charge is 2.26. The van der Waals surface area contributed by atoms with Crippen molar-refractivity contribution in [2.75, 3.05) is 31.1 Å². The van der Waals surface area contributed by atoms with Crippen molar-refractivity contribution in [3.63, 3.8) is 0 Å². The van der Waals surface area contributed by atoms with Gasteiger partial charge in [0.1, 0.15) is 0 Å². The molecule has 0 saturated carbocycles. The van der Waals surface area contributed by atoms with E-state index < -0.39 is 0 Å². The number of aromatic amines is 1. The second-order valence-corrected chi connectivity index (χ2v) is 7.66. The summed E-state index contributed by atoms with van der Waals surface area (Å²) in [6.45, 7) is 6.47. The molecule has 1 aromatic carbocycles. The van der Waals surface area contributed by atoms with Crippen molar-refractivity contribution in [1.29, 1.82) is 0 Å². The molecule has 1 amide bonds. The Bertz CT molecular complexity index is 1130. The number of carbonyl (C=O) groups is 1. The number of rotatable bonds is 2. The maximum Gasteiger partial charge on any atom is 0.274 e. The monoisotopic (exact) mass is 399 g/mol. The molecule has 0 bridgehead atoms. The van der Waals surface area contributed by atoms with Crippen molar-refractivity contribution >= 4 is 34.2 Å². The van der Waals surface area contributed by atoms with Crippen LogP contribution in [0.3, 0.4) is 0 Å². The molecule has 2 aromatic heterocycles. The second-order valence-electron chi connectivity index (χ2n) is 7.22. The van der Waals surface area contributed by atoms with E-state index in [0.29, 0.717) is 53.5 Å². The van der Waals surface area contributed by atoms with Crippen molar-refractivity contribution in [1.82, 2.24) is 19.7 Å². The molecule has 28 heavy (non-hydrogen) atoms. The van der Waals surface area contributed by atoms with E-state index in [1.54, 1.807) is 22.7 Å². The topological polar surface area (TPSA) is 74.2 Å². The van der Waals surface area contributed by atoms with Crippen LogP contribution in [-0.2, 0) is 7.05 Å². The molecule has 0 spiro atoms. The first-order chi connectivity index (χ1) is 13.3. The van der Waals surface area contributed by atoms with E-state index in [1.165, 1.54) is 0 Å². The van der Waals surface area contributed by atoms with Gasteiger partial charge in [-0.3, -0.25) is 19.4 Å². The first-order valence-corrected chi connectivity index (χ1v) is 9.59. The summed E-state index contributed by atoms with van der Waals surface area (Å²) in [5.74, 6) is -0.130. The van der Waals surface area contributed by atoms with Crippen LogP contribution >= 0.6 is 11.6 Å². The van der Waals surface area contributed by atoms with Crippen LogP contribution in [0.2, 0.25) is 5.02 Å². The number of aryl methyl sites for hydroxylation is 3. The smallest absolute Gasteiger partial charge is 0.274 e. The Morgan fingerprint density at radius 2 is 1.86 bits per heavy atom. The van der Waals surface area contributed by atoms with Crippen LogP contribution in [0, 0.1) is 13.8 Å². The number of aromatic nitrogens is 3. The predicted octanol–water partition coefficient (Wildman–Crippen LogP) is 2.49. The third-order valence-corrected chi connectivity index (χ3v) is 5.49. The number of pyridine rings is 1. The van der Waals surface area contributed by atoms with Gasteiger partial charge in [-0.05, 0) is 37.6 Å². The molecule has 1 saturated heterocycles. The Morgan fingerprint density at radius 3 is 2.57 bits per heavy atom. The van der Waals surface area contributed by atoms with Gasteiger partial charge in [-0.1, -0.05) is 17.7 Å². The van der Waals surface area contributed by atoms with E-state index in [4.69, 9.17) is 11.6 Å². The second kappa shape index (κ2) is 6.98. The Morgan fingerprint density at radius 1 is 1.14 bits per heavy atom. The van der Waals surface area contributed by atoms with Gasteiger partial charge >= 0.3 is 0 Å². The fourth-order valence-electron chi connectivity index (χ4n) is 3.80. The summed E-state index contributed by atoms with van der Waals surface area (Å²) in [7, 11) is 1.72. The average Bonchev–Trinajstić information content (AvgIpc) is 2.96. The highest BCUT2D eigenvalue weighted by molar-refractivity contribution is 6.30. The zero-order valence-electron chi connectivity index (χ0n) is 16.1. The summed E-state index contributed by atoms with van der Waals surface area (Å²) in [5, 5.41) is 3.75. The highest BCUT2D eigenvalue weighted by Crippen LogP contribution is 2.26. The molecule has 1 fully saturated rings. The van der Waals surface area contributed by atoms with Crippen LogP contribution in [0.1, 0.15) is 21.6 Å². The van der Waals surface area contributed by atoms with Gasteiger partial charge in [0.15, 0.2) is 5.65 Å². The van der Waals surface area contributed by atoms with E-state index in [2.05, 4.69) is 21.9 Å². The molecule has 0 aliphatic carbocycles. The third-order valence-electron chi connectivity index (χ3n) is 5.25. The SMILES string of the molecule is Cc1cc(C(=O)N2CCN(c3cc(Cl)ccc3C)CC2)c2c(=O)[nH]n(C)c2n1. The summed E-state index contributed by atoms with van der Waals surface area (Å²) in [6, 6.07) is 7.56. The largest absolute Gasteiger partial charge is 0.368 e. The first-order valence-electron chi connectivity index (χ1n) is 9.22. The number of hydrogen-bond acceptors (Lipinski definition) is 4. The Labute approximate surface area is 167 Å². The molecule has 0 radical (unpaired) electrons. The van der Waals surface area contributed by atoms with Crippen LogP contribution in [0.15, 0.2) is 29.1 Å². The zero-order chi connectivity index (χ0) is 20.0. The Balaban J connectivity index is 1.59.